The van der Waals surface area contributed by atoms with Crippen molar-refractivity contribution in [3.63, 3.8) is 0 Å². The summed E-state index contributed by atoms with van der Waals surface area (Å²) in [4.78, 5) is 86.6. The molecule has 3 saturated carbocycles. The van der Waals surface area contributed by atoms with Crippen LogP contribution in [0.3, 0.4) is 0 Å². The summed E-state index contributed by atoms with van der Waals surface area (Å²) in [6.07, 6.45) is 9.89. The van der Waals surface area contributed by atoms with Crippen LogP contribution in [-0.4, -0.2) is 81.9 Å². The van der Waals surface area contributed by atoms with Gasteiger partial charge in [-0.1, -0.05) is 53.4 Å². The van der Waals surface area contributed by atoms with Gasteiger partial charge < -0.3 is 26.6 Å². The largest absolute Gasteiger partial charge is 0.354 e. The average molecular weight is 718 g/mol. The SMILES string of the molecule is CCC[C@@H](NC(=O)C[C@H]1CCC(F)(F)C1CNC(=O)[C@@H](NC(=O)[C@H](NC(=O)c1cnccn1)C1CCCCC1)C(C)(C)C)C(=O)C(=O)NC1CC1. The first-order valence-corrected chi connectivity index (χ1v) is 18.3. The number of hydrogen-bond acceptors (Lipinski definition) is 8. The molecule has 1 unspecified atom stereocenters. The van der Waals surface area contributed by atoms with Crippen LogP contribution in [0.2, 0.25) is 0 Å². The zero-order chi connectivity index (χ0) is 37.3. The van der Waals surface area contributed by atoms with Crippen LogP contribution >= 0.6 is 0 Å². The Bertz CT molecular complexity index is 1410. The van der Waals surface area contributed by atoms with Gasteiger partial charge in [-0.05, 0) is 55.8 Å². The van der Waals surface area contributed by atoms with Gasteiger partial charge in [0.1, 0.15) is 17.8 Å². The van der Waals surface area contributed by atoms with Gasteiger partial charge in [0.2, 0.25) is 23.5 Å². The third-order valence-electron chi connectivity index (χ3n) is 10.2. The van der Waals surface area contributed by atoms with Crippen molar-refractivity contribution in [3.8, 4) is 0 Å². The first kappa shape index (κ1) is 39.7. The lowest BCUT2D eigenvalue weighted by atomic mass is 9.82. The van der Waals surface area contributed by atoms with Crippen LogP contribution in [0.15, 0.2) is 18.6 Å². The number of amides is 5. The van der Waals surface area contributed by atoms with E-state index in [1.807, 2.05) is 0 Å². The van der Waals surface area contributed by atoms with E-state index in [0.29, 0.717) is 19.3 Å². The monoisotopic (exact) mass is 717 g/mol. The summed E-state index contributed by atoms with van der Waals surface area (Å²) in [6.45, 7) is 6.58. The molecular weight excluding hydrogens is 664 g/mol. The summed E-state index contributed by atoms with van der Waals surface area (Å²) in [5.74, 6) is -9.44. The molecule has 0 spiro atoms. The van der Waals surface area contributed by atoms with Gasteiger partial charge in [-0.15, -0.1) is 0 Å². The Balaban J connectivity index is 1.40. The number of rotatable bonds is 16. The number of nitrogens with zero attached hydrogens (tertiary/aromatic N) is 2. The maximum absolute atomic E-state index is 15.2. The molecule has 0 radical (unpaired) electrons. The van der Waals surface area contributed by atoms with E-state index in [9.17, 15) is 28.8 Å². The number of hydrogen-bond donors (Lipinski definition) is 5. The topological polar surface area (TPSA) is 188 Å². The highest BCUT2D eigenvalue weighted by atomic mass is 19.3. The zero-order valence-electron chi connectivity index (χ0n) is 30.1. The Morgan fingerprint density at radius 1 is 0.922 bits per heavy atom. The summed E-state index contributed by atoms with van der Waals surface area (Å²) in [5, 5.41) is 13.4. The van der Waals surface area contributed by atoms with E-state index in [-0.39, 0.29) is 36.9 Å². The Labute approximate surface area is 298 Å². The second-order valence-corrected chi connectivity index (χ2v) is 15.4. The van der Waals surface area contributed by atoms with Crippen LogP contribution < -0.4 is 26.6 Å². The summed E-state index contributed by atoms with van der Waals surface area (Å²) in [7, 11) is 0. The van der Waals surface area contributed by atoms with E-state index >= 15 is 8.78 Å². The highest BCUT2D eigenvalue weighted by Crippen LogP contribution is 2.45. The van der Waals surface area contributed by atoms with Gasteiger partial charge >= 0.3 is 0 Å². The third kappa shape index (κ3) is 11.2. The molecule has 15 heteroatoms. The number of carbonyl (C=O) groups is 6. The van der Waals surface area contributed by atoms with Gasteiger partial charge in [-0.3, -0.25) is 33.8 Å². The molecular formula is C36H53F2N7O6. The Hall–Kier alpha value is -4.04. The molecule has 3 fully saturated rings. The van der Waals surface area contributed by atoms with E-state index in [4.69, 9.17) is 0 Å². The molecule has 3 aliphatic rings. The fourth-order valence-corrected chi connectivity index (χ4v) is 7.08. The quantitative estimate of drug-likeness (QED) is 0.161. The van der Waals surface area contributed by atoms with Crippen molar-refractivity contribution in [1.29, 1.82) is 0 Å². The molecule has 5 atom stereocenters. The van der Waals surface area contributed by atoms with Crippen molar-refractivity contribution >= 4 is 35.3 Å². The van der Waals surface area contributed by atoms with Crippen molar-refractivity contribution in [2.45, 2.75) is 135 Å². The predicted molar refractivity (Wildman–Crippen MR) is 183 cm³/mol. The van der Waals surface area contributed by atoms with Crippen molar-refractivity contribution in [3.05, 3.63) is 24.3 Å². The van der Waals surface area contributed by atoms with E-state index < -0.39 is 89.6 Å². The lowest BCUT2D eigenvalue weighted by molar-refractivity contribution is -0.140. The molecule has 0 saturated heterocycles. The van der Waals surface area contributed by atoms with Crippen molar-refractivity contribution < 1.29 is 37.5 Å². The zero-order valence-corrected chi connectivity index (χ0v) is 30.1. The van der Waals surface area contributed by atoms with Crippen LogP contribution in [0, 0.1) is 23.2 Å². The van der Waals surface area contributed by atoms with Crippen LogP contribution in [0.4, 0.5) is 8.78 Å². The molecule has 13 nitrogen and oxygen atoms in total. The number of Topliss-reactive ketones (excluding diaryl/α,β-unsaturated/α-hetero) is 1. The summed E-state index contributed by atoms with van der Waals surface area (Å²) < 4.78 is 30.4. The van der Waals surface area contributed by atoms with E-state index in [2.05, 4.69) is 36.6 Å². The van der Waals surface area contributed by atoms with Crippen molar-refractivity contribution in [2.75, 3.05) is 6.54 Å². The predicted octanol–water partition coefficient (Wildman–Crippen LogP) is 2.99. The second kappa shape index (κ2) is 17.5. The van der Waals surface area contributed by atoms with Crippen molar-refractivity contribution in [1.82, 2.24) is 36.6 Å². The minimum absolute atomic E-state index is 0.0311. The maximum Gasteiger partial charge on any atom is 0.289 e. The number of nitrogens with one attached hydrogen (secondary N) is 5. The lowest BCUT2D eigenvalue weighted by Crippen LogP contribution is -2.60. The smallest absolute Gasteiger partial charge is 0.289 e. The molecule has 5 N–H and O–H groups in total. The fraction of sp³-hybridized carbons (Fsp3) is 0.722. The van der Waals surface area contributed by atoms with Crippen LogP contribution in [0.1, 0.15) is 115 Å². The molecule has 0 bridgehead atoms. The minimum atomic E-state index is -3.17. The van der Waals surface area contributed by atoms with Gasteiger partial charge in [-0.2, -0.15) is 0 Å². The first-order chi connectivity index (χ1) is 24.1. The van der Waals surface area contributed by atoms with Gasteiger partial charge in [0.05, 0.1) is 12.2 Å². The molecule has 4 rings (SSSR count). The fourth-order valence-electron chi connectivity index (χ4n) is 7.08. The van der Waals surface area contributed by atoms with Gasteiger partial charge in [-0.25, -0.2) is 13.8 Å². The molecule has 1 aromatic rings. The standard InChI is InChI=1S/C36H53F2N7O6/c1-5-9-25(29(47)33(50)42-23-12-13-23)43-27(46)18-22-14-15-36(37,38)24(22)19-41-34(51)30(35(2,3)4)45-32(49)28(21-10-7-6-8-11-21)44-31(48)26-20-39-16-17-40-26/h16-17,20-25,28,30H,5-15,18-19H2,1-4H3,(H,41,51)(H,42,50)(H,43,46)(H,44,48)(H,45,49)/t22-,24?,25-,28-,30-/m1/s1. The summed E-state index contributed by atoms with van der Waals surface area (Å²) >= 11 is 0. The lowest BCUT2D eigenvalue weighted by Gasteiger charge is -2.35. The molecule has 0 aromatic carbocycles. The normalized spacial score (nSPS) is 22.2. The Kier molecular flexibility index (Phi) is 13.6. The first-order valence-electron chi connectivity index (χ1n) is 18.3. The number of aromatic nitrogens is 2. The summed E-state index contributed by atoms with van der Waals surface area (Å²) in [6, 6.07) is -3.18. The number of ketones is 1. The van der Waals surface area contributed by atoms with E-state index in [1.54, 1.807) is 27.7 Å². The second-order valence-electron chi connectivity index (χ2n) is 15.4. The maximum atomic E-state index is 15.2. The van der Waals surface area contributed by atoms with Gasteiger partial charge in [0.15, 0.2) is 0 Å². The summed E-state index contributed by atoms with van der Waals surface area (Å²) in [5.41, 5.74) is -0.793. The van der Waals surface area contributed by atoms with Crippen LogP contribution in [-0.2, 0) is 24.0 Å². The molecule has 1 heterocycles. The molecule has 5 amide bonds. The highest BCUT2D eigenvalue weighted by Gasteiger charge is 2.51. The van der Waals surface area contributed by atoms with Crippen LogP contribution in [0.25, 0.3) is 0 Å². The Morgan fingerprint density at radius 2 is 1.63 bits per heavy atom. The molecule has 1 aromatic heterocycles. The van der Waals surface area contributed by atoms with Gasteiger partial charge in [0.25, 0.3) is 17.7 Å². The molecule has 0 aliphatic heterocycles. The number of carbonyl (C=O) groups excluding carboxylic acids is 6. The van der Waals surface area contributed by atoms with E-state index in [1.165, 1.54) is 18.6 Å². The molecule has 3 aliphatic carbocycles. The van der Waals surface area contributed by atoms with Gasteiger partial charge in [0, 0.05) is 43.7 Å². The number of alkyl halides is 2. The minimum Gasteiger partial charge on any atom is -0.354 e. The third-order valence-corrected chi connectivity index (χ3v) is 10.2. The van der Waals surface area contributed by atoms with Crippen LogP contribution in [0.5, 0.6) is 0 Å². The van der Waals surface area contributed by atoms with E-state index in [0.717, 1.165) is 32.1 Å². The number of halogens is 2. The molecule has 51 heavy (non-hydrogen) atoms. The molecule has 282 valence electrons. The highest BCUT2D eigenvalue weighted by molar-refractivity contribution is 6.38. The average Bonchev–Trinajstić information content (AvgIpc) is 3.86. The van der Waals surface area contributed by atoms with Crippen molar-refractivity contribution in [2.24, 2.45) is 23.2 Å². The Morgan fingerprint density at radius 3 is 2.24 bits per heavy atom.